The van der Waals surface area contributed by atoms with Crippen molar-refractivity contribution in [2.45, 2.75) is 6.92 Å². The summed E-state index contributed by atoms with van der Waals surface area (Å²) in [5.74, 6) is 3.33. The summed E-state index contributed by atoms with van der Waals surface area (Å²) >= 11 is 0. The number of ether oxygens (including phenoxy) is 2. The van der Waals surface area contributed by atoms with Crippen molar-refractivity contribution >= 4 is 11.7 Å². The second kappa shape index (κ2) is 9.40. The lowest BCUT2D eigenvalue weighted by Crippen LogP contribution is -2.32. The van der Waals surface area contributed by atoms with E-state index in [1.807, 2.05) is 42.1 Å². The monoisotopic (exact) mass is 381 g/mol. The molecular formula is C20H23N5O3. The van der Waals surface area contributed by atoms with Gasteiger partial charge >= 0.3 is 0 Å². The first-order chi connectivity index (χ1) is 13.6. The van der Waals surface area contributed by atoms with Crippen LogP contribution >= 0.6 is 0 Å². The molecule has 0 fully saturated rings. The number of carbonyl (C=O) groups excluding carboxylic acids is 1. The molecule has 1 aromatic carbocycles. The van der Waals surface area contributed by atoms with Gasteiger partial charge in [0.05, 0.1) is 7.11 Å². The number of nitrogens with one attached hydrogen (secondary N) is 2. The topological polar surface area (TPSA) is 90.3 Å². The third-order valence-electron chi connectivity index (χ3n) is 3.88. The van der Waals surface area contributed by atoms with E-state index < -0.39 is 0 Å². The summed E-state index contributed by atoms with van der Waals surface area (Å²) in [4.78, 5) is 20.7. The van der Waals surface area contributed by atoms with Crippen LogP contribution < -0.4 is 20.1 Å². The first-order valence-electron chi connectivity index (χ1n) is 8.90. The number of amides is 1. The highest BCUT2D eigenvalue weighted by Crippen LogP contribution is 2.16. The van der Waals surface area contributed by atoms with Gasteiger partial charge in [0.25, 0.3) is 5.91 Å². The Balaban J connectivity index is 1.41. The van der Waals surface area contributed by atoms with Crippen LogP contribution in [0.25, 0.3) is 5.82 Å². The Kier molecular flexibility index (Phi) is 6.46. The van der Waals surface area contributed by atoms with E-state index in [9.17, 15) is 4.79 Å². The number of hydrogen-bond acceptors (Lipinski definition) is 6. The van der Waals surface area contributed by atoms with Gasteiger partial charge in [-0.3, -0.25) is 4.79 Å². The number of rotatable bonds is 9. The zero-order chi connectivity index (χ0) is 19.8. The van der Waals surface area contributed by atoms with Gasteiger partial charge < -0.3 is 24.7 Å². The lowest BCUT2D eigenvalue weighted by molar-refractivity contribution is -0.123. The van der Waals surface area contributed by atoms with Crippen LogP contribution in [0, 0.1) is 6.92 Å². The average molecular weight is 381 g/mol. The highest BCUT2D eigenvalue weighted by molar-refractivity contribution is 5.77. The summed E-state index contributed by atoms with van der Waals surface area (Å²) in [6.07, 6.45) is 3.85. The van der Waals surface area contributed by atoms with Crippen molar-refractivity contribution in [3.63, 3.8) is 0 Å². The number of nitrogens with zero attached hydrogens (tertiary/aromatic N) is 3. The van der Waals surface area contributed by atoms with Gasteiger partial charge in [0.2, 0.25) is 0 Å². The zero-order valence-corrected chi connectivity index (χ0v) is 15.9. The average Bonchev–Trinajstić information content (AvgIpc) is 3.25. The minimum absolute atomic E-state index is 0.0449. The highest BCUT2D eigenvalue weighted by Gasteiger charge is 2.05. The molecule has 0 spiro atoms. The highest BCUT2D eigenvalue weighted by atomic mass is 16.5. The molecule has 0 aliphatic heterocycles. The normalized spacial score (nSPS) is 10.4. The Labute approximate surface area is 163 Å². The third kappa shape index (κ3) is 5.47. The molecule has 0 unspecified atom stereocenters. The summed E-state index contributed by atoms with van der Waals surface area (Å²) in [6.45, 7) is 2.79. The van der Waals surface area contributed by atoms with Crippen molar-refractivity contribution < 1.29 is 14.3 Å². The minimum atomic E-state index is -0.190. The van der Waals surface area contributed by atoms with Crippen molar-refractivity contribution in [3.05, 3.63) is 60.7 Å². The maximum atomic E-state index is 11.9. The van der Waals surface area contributed by atoms with Crippen LogP contribution in [-0.2, 0) is 4.79 Å². The Morgan fingerprint density at radius 1 is 1.07 bits per heavy atom. The van der Waals surface area contributed by atoms with Gasteiger partial charge in [-0.05, 0) is 43.3 Å². The Morgan fingerprint density at radius 2 is 1.79 bits per heavy atom. The number of carbonyl (C=O) groups is 1. The Bertz CT molecular complexity index is 895. The molecule has 0 aliphatic rings. The van der Waals surface area contributed by atoms with Crippen LogP contribution in [0.1, 0.15) is 5.82 Å². The van der Waals surface area contributed by atoms with E-state index in [4.69, 9.17) is 9.47 Å². The van der Waals surface area contributed by atoms with Gasteiger partial charge in [-0.15, -0.1) is 0 Å². The summed E-state index contributed by atoms with van der Waals surface area (Å²) < 4.78 is 12.4. The summed E-state index contributed by atoms with van der Waals surface area (Å²) in [5, 5.41) is 6.00. The molecule has 0 bridgehead atoms. The van der Waals surface area contributed by atoms with E-state index in [0.717, 1.165) is 11.6 Å². The molecule has 2 N–H and O–H groups in total. The maximum absolute atomic E-state index is 11.9. The third-order valence-corrected chi connectivity index (χ3v) is 3.88. The number of benzene rings is 1. The van der Waals surface area contributed by atoms with E-state index in [0.29, 0.717) is 30.5 Å². The number of anilines is 1. The molecule has 0 radical (unpaired) electrons. The van der Waals surface area contributed by atoms with E-state index in [2.05, 4.69) is 20.6 Å². The van der Waals surface area contributed by atoms with Gasteiger partial charge in [-0.1, -0.05) is 0 Å². The van der Waals surface area contributed by atoms with Crippen LogP contribution in [-0.4, -0.2) is 47.2 Å². The molecule has 0 aliphatic carbocycles. The summed E-state index contributed by atoms with van der Waals surface area (Å²) in [7, 11) is 1.60. The van der Waals surface area contributed by atoms with Gasteiger partial charge in [0.1, 0.15) is 29.0 Å². The van der Waals surface area contributed by atoms with E-state index in [1.54, 1.807) is 31.4 Å². The molecular weight excluding hydrogens is 358 g/mol. The second-order valence-electron chi connectivity index (χ2n) is 5.99. The summed E-state index contributed by atoms with van der Waals surface area (Å²) in [6, 6.07) is 12.8. The van der Waals surface area contributed by atoms with Crippen molar-refractivity contribution in [2.24, 2.45) is 0 Å². The van der Waals surface area contributed by atoms with Crippen LogP contribution in [0.15, 0.2) is 54.9 Å². The summed E-state index contributed by atoms with van der Waals surface area (Å²) in [5.41, 5.74) is 0. The fourth-order valence-corrected chi connectivity index (χ4v) is 2.53. The first kappa shape index (κ1) is 19.2. The quantitative estimate of drug-likeness (QED) is 0.552. The smallest absolute Gasteiger partial charge is 0.258 e. The SMILES string of the molecule is COc1ccc(OCC(=O)NCCNc2cc(-n3cccc3)nc(C)n2)cc1. The molecule has 146 valence electrons. The number of methoxy groups -OCH3 is 1. The van der Waals surface area contributed by atoms with Crippen LogP contribution in [0.4, 0.5) is 5.82 Å². The number of aromatic nitrogens is 3. The van der Waals surface area contributed by atoms with Gasteiger partial charge in [0.15, 0.2) is 6.61 Å². The predicted octanol–water partition coefficient (Wildman–Crippen LogP) is 2.19. The lowest BCUT2D eigenvalue weighted by Gasteiger charge is -2.10. The largest absolute Gasteiger partial charge is 0.497 e. The van der Waals surface area contributed by atoms with Gasteiger partial charge in [0, 0.05) is 31.5 Å². The Hall–Kier alpha value is -3.55. The number of aryl methyl sites for hydroxylation is 1. The molecule has 3 aromatic rings. The van der Waals surface area contributed by atoms with E-state index in [-0.39, 0.29) is 12.5 Å². The standard InChI is InChI=1S/C20H23N5O3/c1-15-23-18(13-19(24-15)25-11-3-4-12-25)21-9-10-22-20(26)14-28-17-7-5-16(27-2)6-8-17/h3-8,11-13H,9-10,14H2,1-2H3,(H,22,26)(H,21,23,24). The first-order valence-corrected chi connectivity index (χ1v) is 8.90. The zero-order valence-electron chi connectivity index (χ0n) is 15.9. The van der Waals surface area contributed by atoms with E-state index >= 15 is 0 Å². The van der Waals surface area contributed by atoms with E-state index in [1.165, 1.54) is 0 Å². The van der Waals surface area contributed by atoms with Crippen LogP contribution in [0.2, 0.25) is 0 Å². The molecule has 8 heteroatoms. The molecule has 28 heavy (non-hydrogen) atoms. The van der Waals surface area contributed by atoms with Crippen molar-refractivity contribution in [2.75, 3.05) is 32.1 Å². The molecule has 2 aromatic heterocycles. The van der Waals surface area contributed by atoms with Crippen molar-refractivity contribution in [1.29, 1.82) is 0 Å². The van der Waals surface area contributed by atoms with Crippen molar-refractivity contribution in [3.8, 4) is 17.3 Å². The lowest BCUT2D eigenvalue weighted by atomic mass is 10.3. The fraction of sp³-hybridized carbons (Fsp3) is 0.250. The molecule has 3 rings (SSSR count). The van der Waals surface area contributed by atoms with Gasteiger partial charge in [-0.25, -0.2) is 9.97 Å². The molecule has 0 saturated heterocycles. The van der Waals surface area contributed by atoms with Crippen molar-refractivity contribution in [1.82, 2.24) is 19.9 Å². The van der Waals surface area contributed by atoms with Crippen LogP contribution in [0.5, 0.6) is 11.5 Å². The molecule has 0 atom stereocenters. The minimum Gasteiger partial charge on any atom is -0.497 e. The molecule has 1 amide bonds. The second-order valence-corrected chi connectivity index (χ2v) is 5.99. The van der Waals surface area contributed by atoms with Gasteiger partial charge in [-0.2, -0.15) is 0 Å². The molecule has 8 nitrogen and oxygen atoms in total. The molecule has 0 saturated carbocycles. The predicted molar refractivity (Wildman–Crippen MR) is 106 cm³/mol. The fourth-order valence-electron chi connectivity index (χ4n) is 2.53. The maximum Gasteiger partial charge on any atom is 0.258 e. The molecule has 2 heterocycles. The van der Waals surface area contributed by atoms with Crippen LogP contribution in [0.3, 0.4) is 0 Å². The Morgan fingerprint density at radius 3 is 2.50 bits per heavy atom. The number of hydrogen-bond donors (Lipinski definition) is 2.